The summed E-state index contributed by atoms with van der Waals surface area (Å²) in [6.45, 7) is 3.70. The Hall–Kier alpha value is -0.630. The molecule has 1 aliphatic heterocycles. The molecule has 4 nitrogen and oxygen atoms in total. The summed E-state index contributed by atoms with van der Waals surface area (Å²) >= 11 is 0. The molecule has 0 bridgehead atoms. The fraction of sp³-hybridized carbons (Fsp3) is 0.889. The standard InChI is InChI=1S/C9H16N2O2/c1-9(11,7-10)3-5-13-8-2-4-12-6-8/h8H,2-6,11H2,1H3. The summed E-state index contributed by atoms with van der Waals surface area (Å²) in [5, 5.41) is 8.63. The molecule has 13 heavy (non-hydrogen) atoms. The molecule has 1 saturated heterocycles. The van der Waals surface area contributed by atoms with E-state index < -0.39 is 5.54 Å². The summed E-state index contributed by atoms with van der Waals surface area (Å²) in [4.78, 5) is 0. The highest BCUT2D eigenvalue weighted by molar-refractivity contribution is 5.00. The first-order chi connectivity index (χ1) is 6.14. The third-order valence-electron chi connectivity index (χ3n) is 2.12. The fourth-order valence-electron chi connectivity index (χ4n) is 1.14. The maximum atomic E-state index is 8.63. The van der Waals surface area contributed by atoms with Crippen LogP contribution < -0.4 is 5.73 Å². The normalized spacial score (nSPS) is 26.7. The van der Waals surface area contributed by atoms with Crippen molar-refractivity contribution >= 4 is 0 Å². The Kier molecular flexibility index (Phi) is 3.67. The number of hydrogen-bond acceptors (Lipinski definition) is 4. The van der Waals surface area contributed by atoms with Gasteiger partial charge in [-0.1, -0.05) is 0 Å². The van der Waals surface area contributed by atoms with Crippen LogP contribution in [0.25, 0.3) is 0 Å². The summed E-state index contributed by atoms with van der Waals surface area (Å²) in [7, 11) is 0. The van der Waals surface area contributed by atoms with E-state index in [4.69, 9.17) is 20.5 Å². The van der Waals surface area contributed by atoms with Gasteiger partial charge < -0.3 is 15.2 Å². The molecule has 1 heterocycles. The van der Waals surface area contributed by atoms with Crippen molar-refractivity contribution < 1.29 is 9.47 Å². The number of nitrogens with two attached hydrogens (primary N) is 1. The van der Waals surface area contributed by atoms with Gasteiger partial charge in [-0.3, -0.25) is 0 Å². The van der Waals surface area contributed by atoms with Gasteiger partial charge in [0.05, 0.1) is 18.8 Å². The zero-order chi connectivity index (χ0) is 9.73. The number of ether oxygens (including phenoxy) is 2. The van der Waals surface area contributed by atoms with Crippen LogP contribution in [0.15, 0.2) is 0 Å². The first kappa shape index (κ1) is 10.5. The molecule has 0 saturated carbocycles. The number of rotatable bonds is 4. The van der Waals surface area contributed by atoms with Gasteiger partial charge >= 0.3 is 0 Å². The van der Waals surface area contributed by atoms with Crippen LogP contribution in [0.3, 0.4) is 0 Å². The van der Waals surface area contributed by atoms with Crippen LogP contribution >= 0.6 is 0 Å². The third kappa shape index (κ3) is 3.73. The maximum Gasteiger partial charge on any atom is 0.103 e. The van der Waals surface area contributed by atoms with Crippen LogP contribution in [-0.4, -0.2) is 31.5 Å². The highest BCUT2D eigenvalue weighted by Crippen LogP contribution is 2.10. The first-order valence-electron chi connectivity index (χ1n) is 4.53. The van der Waals surface area contributed by atoms with Crippen molar-refractivity contribution in [1.82, 2.24) is 0 Å². The van der Waals surface area contributed by atoms with E-state index in [0.29, 0.717) is 19.6 Å². The van der Waals surface area contributed by atoms with Crippen molar-refractivity contribution in [3.63, 3.8) is 0 Å². The van der Waals surface area contributed by atoms with Crippen molar-refractivity contribution in [1.29, 1.82) is 5.26 Å². The fourth-order valence-corrected chi connectivity index (χ4v) is 1.14. The molecule has 0 aromatic rings. The molecule has 1 rings (SSSR count). The van der Waals surface area contributed by atoms with Gasteiger partial charge in [-0.15, -0.1) is 0 Å². The predicted molar refractivity (Wildman–Crippen MR) is 48.0 cm³/mol. The average molecular weight is 184 g/mol. The Morgan fingerprint density at radius 2 is 2.54 bits per heavy atom. The molecular weight excluding hydrogens is 168 g/mol. The summed E-state index contributed by atoms with van der Waals surface area (Å²) in [6, 6.07) is 2.03. The van der Waals surface area contributed by atoms with Gasteiger partial charge in [0.2, 0.25) is 0 Å². The van der Waals surface area contributed by atoms with E-state index in [1.54, 1.807) is 6.92 Å². The minimum absolute atomic E-state index is 0.203. The highest BCUT2D eigenvalue weighted by atomic mass is 16.5. The summed E-state index contributed by atoms with van der Waals surface area (Å²) < 4.78 is 10.6. The minimum atomic E-state index is -0.764. The molecule has 0 aromatic heterocycles. The Morgan fingerprint density at radius 1 is 1.77 bits per heavy atom. The van der Waals surface area contributed by atoms with Crippen LogP contribution in [-0.2, 0) is 9.47 Å². The van der Waals surface area contributed by atoms with Crippen molar-refractivity contribution in [3.05, 3.63) is 0 Å². The lowest BCUT2D eigenvalue weighted by atomic mass is 10.0. The van der Waals surface area contributed by atoms with E-state index in [1.807, 2.05) is 6.07 Å². The summed E-state index contributed by atoms with van der Waals surface area (Å²) in [5.41, 5.74) is 4.86. The number of nitrogens with zero attached hydrogens (tertiary/aromatic N) is 1. The molecular formula is C9H16N2O2. The third-order valence-corrected chi connectivity index (χ3v) is 2.12. The Morgan fingerprint density at radius 3 is 3.08 bits per heavy atom. The highest BCUT2D eigenvalue weighted by Gasteiger charge is 2.20. The van der Waals surface area contributed by atoms with Gasteiger partial charge in [-0.05, 0) is 13.3 Å². The smallest absolute Gasteiger partial charge is 0.103 e. The zero-order valence-electron chi connectivity index (χ0n) is 7.95. The van der Waals surface area contributed by atoms with Gasteiger partial charge in [0.25, 0.3) is 0 Å². The quantitative estimate of drug-likeness (QED) is 0.687. The second-order valence-corrected chi connectivity index (χ2v) is 3.64. The average Bonchev–Trinajstić information content (AvgIpc) is 2.57. The van der Waals surface area contributed by atoms with Gasteiger partial charge in [-0.2, -0.15) is 5.26 Å². The second-order valence-electron chi connectivity index (χ2n) is 3.64. The van der Waals surface area contributed by atoms with E-state index in [0.717, 1.165) is 13.0 Å². The van der Waals surface area contributed by atoms with Crippen LogP contribution in [0.2, 0.25) is 0 Å². The summed E-state index contributed by atoms with van der Waals surface area (Å²) in [5.74, 6) is 0. The Labute approximate surface area is 78.6 Å². The molecule has 2 unspecified atom stereocenters. The molecule has 1 fully saturated rings. The van der Waals surface area contributed by atoms with Crippen molar-refractivity contribution in [3.8, 4) is 6.07 Å². The van der Waals surface area contributed by atoms with Crippen molar-refractivity contribution in [2.75, 3.05) is 19.8 Å². The second kappa shape index (κ2) is 4.56. The molecule has 2 N–H and O–H groups in total. The minimum Gasteiger partial charge on any atom is -0.379 e. The van der Waals surface area contributed by atoms with Crippen LogP contribution in [0, 0.1) is 11.3 Å². The molecule has 0 aliphatic carbocycles. The number of hydrogen-bond donors (Lipinski definition) is 1. The molecule has 0 amide bonds. The maximum absolute atomic E-state index is 8.63. The zero-order valence-corrected chi connectivity index (χ0v) is 7.95. The largest absolute Gasteiger partial charge is 0.379 e. The lowest BCUT2D eigenvalue weighted by Crippen LogP contribution is -2.35. The molecule has 1 aliphatic rings. The van der Waals surface area contributed by atoms with Gasteiger partial charge in [0, 0.05) is 19.6 Å². The van der Waals surface area contributed by atoms with Crippen LogP contribution in [0.5, 0.6) is 0 Å². The van der Waals surface area contributed by atoms with E-state index in [2.05, 4.69) is 0 Å². The van der Waals surface area contributed by atoms with Gasteiger partial charge in [0.1, 0.15) is 5.54 Å². The molecule has 0 radical (unpaired) electrons. The monoisotopic (exact) mass is 184 g/mol. The van der Waals surface area contributed by atoms with Crippen molar-refractivity contribution in [2.24, 2.45) is 5.73 Å². The van der Waals surface area contributed by atoms with E-state index >= 15 is 0 Å². The lowest BCUT2D eigenvalue weighted by molar-refractivity contribution is 0.0370. The number of nitriles is 1. The molecule has 0 spiro atoms. The Balaban J connectivity index is 2.10. The van der Waals surface area contributed by atoms with Crippen LogP contribution in [0.4, 0.5) is 0 Å². The summed E-state index contributed by atoms with van der Waals surface area (Å²) in [6.07, 6.45) is 1.72. The van der Waals surface area contributed by atoms with E-state index in [1.165, 1.54) is 0 Å². The van der Waals surface area contributed by atoms with Crippen molar-refractivity contribution in [2.45, 2.75) is 31.4 Å². The first-order valence-corrected chi connectivity index (χ1v) is 4.53. The molecule has 0 aromatic carbocycles. The van der Waals surface area contributed by atoms with Crippen LogP contribution in [0.1, 0.15) is 19.8 Å². The predicted octanol–water partition coefficient (Wildman–Crippen LogP) is 0.423. The molecule has 4 heteroatoms. The van der Waals surface area contributed by atoms with E-state index in [-0.39, 0.29) is 6.10 Å². The molecule has 74 valence electrons. The Bertz CT molecular complexity index is 192. The van der Waals surface area contributed by atoms with Gasteiger partial charge in [-0.25, -0.2) is 0 Å². The SMILES string of the molecule is CC(N)(C#N)CCOC1CCOC1. The topological polar surface area (TPSA) is 68.3 Å². The van der Waals surface area contributed by atoms with Gasteiger partial charge in [0.15, 0.2) is 0 Å². The lowest BCUT2D eigenvalue weighted by Gasteiger charge is -2.16. The molecule has 2 atom stereocenters. The van der Waals surface area contributed by atoms with E-state index in [9.17, 15) is 0 Å².